The van der Waals surface area contributed by atoms with E-state index < -0.39 is 20.0 Å². The lowest BCUT2D eigenvalue weighted by Gasteiger charge is -2.26. The maximum atomic E-state index is 9.71. The summed E-state index contributed by atoms with van der Waals surface area (Å²) in [5, 5.41) is 30.0. The third kappa shape index (κ3) is 6.81. The lowest BCUT2D eigenvalue weighted by molar-refractivity contribution is -0.197. The van der Waals surface area contributed by atoms with Crippen molar-refractivity contribution in [1.82, 2.24) is 19.6 Å². The molecule has 1 saturated carbocycles. The highest BCUT2D eigenvalue weighted by Gasteiger charge is 2.28. The van der Waals surface area contributed by atoms with E-state index in [1.807, 2.05) is 64.1 Å². The second-order valence-corrected chi connectivity index (χ2v) is 17.9. The molecule has 4 aromatic rings. The highest BCUT2D eigenvalue weighted by molar-refractivity contribution is 6.76. The monoisotopic (exact) mass is 564 g/mol. The van der Waals surface area contributed by atoms with Gasteiger partial charge in [0.05, 0.1) is 41.5 Å². The summed E-state index contributed by atoms with van der Waals surface area (Å²) in [5.41, 5.74) is 3.11. The normalized spacial score (nSPS) is 14.4. The number of aliphatic hydroxyl groups excluding tert-OH is 1. The van der Waals surface area contributed by atoms with Crippen LogP contribution in [-0.2, 0) is 22.8 Å². The Labute approximate surface area is 236 Å². The van der Waals surface area contributed by atoms with Gasteiger partial charge in [0.25, 0.3) is 0 Å². The Balaban J connectivity index is 1.52. The number of hydrogen-bond acceptors (Lipinski definition) is 7. The molecule has 214 valence electrons. The fourth-order valence-corrected chi connectivity index (χ4v) is 5.01. The fraction of sp³-hybridized carbons (Fsp3) is 0.467. The second kappa shape index (κ2) is 11.5. The van der Waals surface area contributed by atoms with Crippen molar-refractivity contribution >= 4 is 19.0 Å². The zero-order valence-corrected chi connectivity index (χ0v) is 25.0. The van der Waals surface area contributed by atoms with E-state index in [9.17, 15) is 10.2 Å². The molecule has 2 heterocycles. The minimum atomic E-state index is -1.62. The second-order valence-electron chi connectivity index (χ2n) is 12.3. The van der Waals surface area contributed by atoms with Crippen LogP contribution in [0.1, 0.15) is 32.4 Å². The molecule has 9 nitrogen and oxygen atoms in total. The van der Waals surface area contributed by atoms with Gasteiger partial charge in [-0.3, -0.25) is 0 Å². The van der Waals surface area contributed by atoms with Crippen molar-refractivity contribution in [3.8, 4) is 22.7 Å². The van der Waals surface area contributed by atoms with Crippen molar-refractivity contribution in [2.24, 2.45) is 0 Å². The Kier molecular flexibility index (Phi) is 8.17. The van der Waals surface area contributed by atoms with Crippen LogP contribution in [0.2, 0.25) is 25.7 Å². The average molecular weight is 565 g/mol. The zero-order chi connectivity index (χ0) is 28.5. The molecule has 5 rings (SSSR count). The summed E-state index contributed by atoms with van der Waals surface area (Å²) in [4.78, 5) is 0. The average Bonchev–Trinajstić information content (AvgIpc) is 3.45. The van der Waals surface area contributed by atoms with Crippen molar-refractivity contribution in [2.75, 3.05) is 6.61 Å². The molecule has 2 N–H and O–H groups in total. The van der Waals surface area contributed by atoms with Gasteiger partial charge in [-0.15, -0.1) is 0 Å². The fourth-order valence-electron chi connectivity index (χ4n) is 4.25. The van der Waals surface area contributed by atoms with Gasteiger partial charge in [-0.05, 0) is 57.0 Å². The predicted molar refractivity (Wildman–Crippen MR) is 157 cm³/mol. The largest absolute Gasteiger partial charge is 0.490 e. The van der Waals surface area contributed by atoms with Gasteiger partial charge in [-0.25, -0.2) is 9.36 Å². The summed E-state index contributed by atoms with van der Waals surface area (Å²) in [6, 6.07) is 17.2. The summed E-state index contributed by atoms with van der Waals surface area (Å²) in [6.07, 6.45) is 2.70. The third-order valence-corrected chi connectivity index (χ3v) is 8.71. The van der Waals surface area contributed by atoms with Gasteiger partial charge in [0.15, 0.2) is 6.29 Å². The van der Waals surface area contributed by atoms with Crippen LogP contribution in [0.25, 0.3) is 27.8 Å². The molecule has 0 unspecified atom stereocenters. The third-order valence-electron chi connectivity index (χ3n) is 7.01. The Morgan fingerprint density at radius 1 is 1.07 bits per heavy atom. The van der Waals surface area contributed by atoms with E-state index in [1.54, 1.807) is 13.8 Å². The van der Waals surface area contributed by atoms with Gasteiger partial charge >= 0.3 is 0 Å². The Bertz CT molecular complexity index is 1450. The van der Waals surface area contributed by atoms with Crippen molar-refractivity contribution in [3.05, 3.63) is 60.4 Å². The van der Waals surface area contributed by atoms with Gasteiger partial charge in [0, 0.05) is 25.6 Å². The number of nitrogens with zero attached hydrogens (tertiary/aromatic N) is 4. The van der Waals surface area contributed by atoms with Crippen LogP contribution < -0.4 is 4.74 Å². The van der Waals surface area contributed by atoms with Crippen molar-refractivity contribution in [2.45, 2.75) is 83.7 Å². The van der Waals surface area contributed by atoms with E-state index >= 15 is 0 Å². The van der Waals surface area contributed by atoms with Crippen molar-refractivity contribution < 1.29 is 24.4 Å². The molecule has 0 spiro atoms. The molecule has 0 saturated heterocycles. The maximum absolute atomic E-state index is 9.71. The van der Waals surface area contributed by atoms with E-state index in [-0.39, 0.29) is 6.61 Å². The first-order valence-electron chi connectivity index (χ1n) is 13.9. The van der Waals surface area contributed by atoms with Crippen LogP contribution in [-0.4, -0.2) is 62.4 Å². The molecule has 0 bridgehead atoms. The van der Waals surface area contributed by atoms with Crippen LogP contribution in [0.5, 0.6) is 5.75 Å². The zero-order valence-electron chi connectivity index (χ0n) is 24.0. The minimum absolute atomic E-state index is 0.109. The molecule has 10 heteroatoms. The lowest BCUT2D eigenvalue weighted by atomic mass is 10.1. The first-order chi connectivity index (χ1) is 19.0. The van der Waals surface area contributed by atoms with E-state index in [0.717, 1.165) is 52.5 Å². The number of para-hydroxylation sites is 1. The van der Waals surface area contributed by atoms with Crippen molar-refractivity contribution in [3.63, 3.8) is 0 Å². The molecule has 1 fully saturated rings. The molecular weight excluding hydrogens is 524 g/mol. The van der Waals surface area contributed by atoms with E-state index in [0.29, 0.717) is 25.1 Å². The van der Waals surface area contributed by atoms with Gasteiger partial charge in [0.1, 0.15) is 18.1 Å². The number of hydrogen-bond donors (Lipinski definition) is 2. The molecule has 0 atom stereocenters. The molecule has 0 aliphatic heterocycles. The predicted octanol–water partition coefficient (Wildman–Crippen LogP) is 5.35. The molecule has 2 aromatic heterocycles. The SMILES string of the molecule is CC(C)(OCc1cc(-c2cccc(OC3CC3)c2)n(-c2cccc3cnn(COCC[Si](C)(C)C)c23)n1)C(O)O. The number of benzene rings is 2. The summed E-state index contributed by atoms with van der Waals surface area (Å²) in [7, 11) is -1.20. The molecule has 1 aliphatic rings. The molecular formula is C30H40N4O5Si. The minimum Gasteiger partial charge on any atom is -0.490 e. The number of fused-ring (bicyclic) bond motifs is 1. The van der Waals surface area contributed by atoms with Gasteiger partial charge in [-0.1, -0.05) is 43.9 Å². The number of aromatic nitrogens is 4. The van der Waals surface area contributed by atoms with Crippen molar-refractivity contribution in [1.29, 1.82) is 0 Å². The summed E-state index contributed by atoms with van der Waals surface area (Å²) in [5.74, 6) is 0.828. The molecule has 40 heavy (non-hydrogen) atoms. The first-order valence-corrected chi connectivity index (χ1v) is 17.6. The smallest absolute Gasteiger partial charge is 0.180 e. The Morgan fingerprint density at radius 2 is 1.85 bits per heavy atom. The van der Waals surface area contributed by atoms with Gasteiger partial charge in [0.2, 0.25) is 0 Å². The van der Waals surface area contributed by atoms with Crippen LogP contribution in [0.4, 0.5) is 0 Å². The lowest BCUT2D eigenvalue weighted by Crippen LogP contribution is -2.38. The molecule has 1 aliphatic carbocycles. The molecule has 2 aromatic carbocycles. The molecule has 0 amide bonds. The van der Waals surface area contributed by atoms with E-state index in [2.05, 4.69) is 24.7 Å². The van der Waals surface area contributed by atoms with Crippen LogP contribution in [0, 0.1) is 0 Å². The van der Waals surface area contributed by atoms with Gasteiger partial charge in [-0.2, -0.15) is 10.2 Å². The summed E-state index contributed by atoms with van der Waals surface area (Å²) >= 11 is 0. The number of ether oxygens (including phenoxy) is 3. The maximum Gasteiger partial charge on any atom is 0.180 e. The highest BCUT2D eigenvalue weighted by Crippen LogP contribution is 2.33. The summed E-state index contributed by atoms with van der Waals surface area (Å²) in [6.45, 7) is 11.4. The quantitative estimate of drug-likeness (QED) is 0.128. The topological polar surface area (TPSA) is 104 Å². The van der Waals surface area contributed by atoms with E-state index in [1.165, 1.54) is 0 Å². The van der Waals surface area contributed by atoms with Crippen LogP contribution in [0.15, 0.2) is 54.7 Å². The van der Waals surface area contributed by atoms with Gasteiger partial charge < -0.3 is 24.4 Å². The van der Waals surface area contributed by atoms with E-state index in [4.69, 9.17) is 19.3 Å². The Morgan fingerprint density at radius 3 is 2.58 bits per heavy atom. The number of aliphatic hydroxyl groups is 2. The number of rotatable bonds is 13. The van der Waals surface area contributed by atoms with Crippen LogP contribution >= 0.6 is 0 Å². The molecule has 0 radical (unpaired) electrons. The van der Waals surface area contributed by atoms with Crippen LogP contribution in [0.3, 0.4) is 0 Å². The highest BCUT2D eigenvalue weighted by atomic mass is 28.3. The summed E-state index contributed by atoms with van der Waals surface area (Å²) < 4.78 is 21.8. The Hall–Kier alpha value is -3.02. The standard InChI is InChI=1S/C30H40N4O5Si/c1-30(2,29(35)36)38-19-23-17-27(21-8-6-10-25(16-21)39-24-12-13-24)34(32-23)26-11-7-9-22-18-31-33(28(22)26)20-37-14-15-40(3,4)5/h6-11,16-18,24,29,35-36H,12-15,19-20H2,1-5H3. The first kappa shape index (κ1) is 28.5.